The van der Waals surface area contributed by atoms with Gasteiger partial charge in [0.1, 0.15) is 18.2 Å². The second kappa shape index (κ2) is 11.6. The fraction of sp³-hybridized carbons (Fsp3) is 0.462. The SMILES string of the molecule is CCc1nn(CCCN2CCN(c3cccc(C(F)(F)F)c3)CC2)c(=O)n1CCOc1ccccc1. The van der Waals surface area contributed by atoms with Crippen molar-refractivity contribution in [3.63, 3.8) is 0 Å². The maximum Gasteiger partial charge on any atom is 0.416 e. The number of ether oxygens (including phenoxy) is 1. The number of anilines is 1. The van der Waals surface area contributed by atoms with E-state index >= 15 is 0 Å². The molecule has 0 spiro atoms. The summed E-state index contributed by atoms with van der Waals surface area (Å²) >= 11 is 0. The summed E-state index contributed by atoms with van der Waals surface area (Å²) in [6.07, 6.45) is -2.91. The Hall–Kier alpha value is -3.27. The van der Waals surface area contributed by atoms with E-state index in [0.29, 0.717) is 44.9 Å². The van der Waals surface area contributed by atoms with Gasteiger partial charge in [0.05, 0.1) is 12.1 Å². The average molecular weight is 504 g/mol. The third kappa shape index (κ3) is 6.48. The number of hydrogen-bond acceptors (Lipinski definition) is 5. The molecule has 1 aliphatic rings. The Bertz CT molecular complexity index is 1170. The fourth-order valence-corrected chi connectivity index (χ4v) is 4.44. The minimum atomic E-state index is -4.34. The number of alkyl halides is 3. The summed E-state index contributed by atoms with van der Waals surface area (Å²) in [4.78, 5) is 17.1. The highest BCUT2D eigenvalue weighted by molar-refractivity contribution is 5.49. The largest absolute Gasteiger partial charge is 0.492 e. The third-order valence-corrected chi connectivity index (χ3v) is 6.40. The number of piperazine rings is 1. The van der Waals surface area contributed by atoms with Crippen LogP contribution in [0.4, 0.5) is 18.9 Å². The summed E-state index contributed by atoms with van der Waals surface area (Å²) in [5, 5.41) is 4.51. The van der Waals surface area contributed by atoms with Gasteiger partial charge in [0.2, 0.25) is 0 Å². The summed E-state index contributed by atoms with van der Waals surface area (Å²) in [7, 11) is 0. The standard InChI is InChI=1S/C26H32F3N5O2/c1-2-24-30-34(25(35)33(24)18-19-36-23-10-4-3-5-11-23)13-7-12-31-14-16-32(17-15-31)22-9-6-8-21(20-22)26(27,28)29/h3-6,8-11,20H,2,7,12-19H2,1H3. The number of benzene rings is 2. The molecule has 2 aromatic carbocycles. The first-order valence-electron chi connectivity index (χ1n) is 12.3. The maximum atomic E-state index is 13.0. The van der Waals surface area contributed by atoms with Crippen LogP contribution in [0.15, 0.2) is 59.4 Å². The van der Waals surface area contributed by atoms with Crippen molar-refractivity contribution in [1.82, 2.24) is 19.2 Å². The quantitative estimate of drug-likeness (QED) is 0.420. The average Bonchev–Trinajstić information content (AvgIpc) is 3.19. The molecule has 194 valence electrons. The molecular weight excluding hydrogens is 471 g/mol. The molecule has 0 aliphatic carbocycles. The molecule has 36 heavy (non-hydrogen) atoms. The van der Waals surface area contributed by atoms with Crippen LogP contribution in [0.2, 0.25) is 0 Å². The Balaban J connectivity index is 1.25. The molecular formula is C26H32F3N5O2. The molecule has 0 amide bonds. The number of aryl methyl sites for hydroxylation is 2. The van der Waals surface area contributed by atoms with Crippen LogP contribution in [0.5, 0.6) is 5.75 Å². The molecule has 7 nitrogen and oxygen atoms in total. The van der Waals surface area contributed by atoms with E-state index in [4.69, 9.17) is 4.74 Å². The van der Waals surface area contributed by atoms with Crippen molar-refractivity contribution in [1.29, 1.82) is 0 Å². The molecule has 1 aromatic heterocycles. The van der Waals surface area contributed by atoms with Gasteiger partial charge in [0, 0.05) is 51.4 Å². The Labute approximate surface area is 208 Å². The van der Waals surface area contributed by atoms with E-state index < -0.39 is 11.7 Å². The van der Waals surface area contributed by atoms with Gasteiger partial charge in [-0.3, -0.25) is 9.47 Å². The van der Waals surface area contributed by atoms with Gasteiger partial charge in [-0.15, -0.1) is 0 Å². The zero-order valence-electron chi connectivity index (χ0n) is 20.5. The fourth-order valence-electron chi connectivity index (χ4n) is 4.44. The molecule has 1 fully saturated rings. The van der Waals surface area contributed by atoms with Crippen molar-refractivity contribution in [2.24, 2.45) is 0 Å². The van der Waals surface area contributed by atoms with Gasteiger partial charge < -0.3 is 9.64 Å². The third-order valence-electron chi connectivity index (χ3n) is 6.40. The number of rotatable bonds is 10. The molecule has 0 saturated carbocycles. The number of para-hydroxylation sites is 1. The van der Waals surface area contributed by atoms with Crippen molar-refractivity contribution in [3.8, 4) is 5.75 Å². The molecule has 0 N–H and O–H groups in total. The Morgan fingerprint density at radius 2 is 1.69 bits per heavy atom. The molecule has 10 heteroatoms. The zero-order chi connectivity index (χ0) is 25.5. The lowest BCUT2D eigenvalue weighted by molar-refractivity contribution is -0.137. The van der Waals surface area contributed by atoms with Crippen molar-refractivity contribution in [2.75, 3.05) is 44.2 Å². The Morgan fingerprint density at radius 1 is 0.944 bits per heavy atom. The predicted octanol–water partition coefficient (Wildman–Crippen LogP) is 3.92. The lowest BCUT2D eigenvalue weighted by Crippen LogP contribution is -2.46. The zero-order valence-corrected chi connectivity index (χ0v) is 20.5. The lowest BCUT2D eigenvalue weighted by Gasteiger charge is -2.36. The van der Waals surface area contributed by atoms with Gasteiger partial charge in [0.25, 0.3) is 0 Å². The molecule has 1 saturated heterocycles. The normalized spacial score (nSPS) is 14.8. The van der Waals surface area contributed by atoms with Gasteiger partial charge in [-0.05, 0) is 36.8 Å². The minimum Gasteiger partial charge on any atom is -0.492 e. The monoisotopic (exact) mass is 503 g/mol. The van der Waals surface area contributed by atoms with Crippen molar-refractivity contribution < 1.29 is 17.9 Å². The summed E-state index contributed by atoms with van der Waals surface area (Å²) in [6.45, 7) is 6.97. The van der Waals surface area contributed by atoms with E-state index in [0.717, 1.165) is 43.7 Å². The first kappa shape index (κ1) is 25.8. The Kier molecular flexibility index (Phi) is 8.35. The van der Waals surface area contributed by atoms with Crippen LogP contribution in [-0.2, 0) is 25.7 Å². The van der Waals surface area contributed by atoms with Crippen LogP contribution in [0, 0.1) is 0 Å². The predicted molar refractivity (Wildman–Crippen MR) is 133 cm³/mol. The maximum absolute atomic E-state index is 13.0. The van der Waals surface area contributed by atoms with Crippen LogP contribution < -0.4 is 15.3 Å². The molecule has 3 aromatic rings. The van der Waals surface area contributed by atoms with Crippen molar-refractivity contribution in [2.45, 2.75) is 39.0 Å². The minimum absolute atomic E-state index is 0.127. The van der Waals surface area contributed by atoms with E-state index in [1.807, 2.05) is 42.2 Å². The van der Waals surface area contributed by atoms with Gasteiger partial charge in [-0.25, -0.2) is 9.48 Å². The number of nitrogens with zero attached hydrogens (tertiary/aromatic N) is 5. The second-order valence-electron chi connectivity index (χ2n) is 8.82. The van der Waals surface area contributed by atoms with Crippen molar-refractivity contribution >= 4 is 5.69 Å². The van der Waals surface area contributed by atoms with Gasteiger partial charge >= 0.3 is 11.9 Å². The summed E-state index contributed by atoms with van der Waals surface area (Å²) in [5.74, 6) is 1.51. The highest BCUT2D eigenvalue weighted by Gasteiger charge is 2.31. The van der Waals surface area contributed by atoms with E-state index in [1.165, 1.54) is 16.8 Å². The number of hydrogen-bond donors (Lipinski definition) is 0. The van der Waals surface area contributed by atoms with E-state index in [1.54, 1.807) is 10.6 Å². The smallest absolute Gasteiger partial charge is 0.416 e. The van der Waals surface area contributed by atoms with Crippen LogP contribution in [-0.4, -0.2) is 58.6 Å². The van der Waals surface area contributed by atoms with E-state index in [2.05, 4.69) is 10.00 Å². The molecule has 0 bridgehead atoms. The van der Waals surface area contributed by atoms with Gasteiger partial charge in [0.15, 0.2) is 0 Å². The molecule has 4 rings (SSSR count). The summed E-state index contributed by atoms with van der Waals surface area (Å²) in [5.41, 5.74) is -0.145. The van der Waals surface area contributed by atoms with Crippen molar-refractivity contribution in [3.05, 3.63) is 76.5 Å². The van der Waals surface area contributed by atoms with E-state index in [9.17, 15) is 18.0 Å². The first-order chi connectivity index (χ1) is 17.3. The first-order valence-corrected chi connectivity index (χ1v) is 12.3. The molecule has 1 aliphatic heterocycles. The Morgan fingerprint density at radius 3 is 2.39 bits per heavy atom. The molecule has 0 radical (unpaired) electrons. The number of aromatic nitrogens is 3. The molecule has 2 heterocycles. The molecule has 0 atom stereocenters. The topological polar surface area (TPSA) is 55.5 Å². The highest BCUT2D eigenvalue weighted by Crippen LogP contribution is 2.31. The molecule has 0 unspecified atom stereocenters. The summed E-state index contributed by atoms with van der Waals surface area (Å²) < 4.78 is 48.0. The lowest BCUT2D eigenvalue weighted by atomic mass is 10.1. The van der Waals surface area contributed by atoms with E-state index in [-0.39, 0.29) is 5.69 Å². The highest BCUT2D eigenvalue weighted by atomic mass is 19.4. The number of halogens is 3. The van der Waals surface area contributed by atoms with Gasteiger partial charge in [-0.2, -0.15) is 18.3 Å². The second-order valence-corrected chi connectivity index (χ2v) is 8.82. The van der Waals surface area contributed by atoms with Crippen LogP contribution in [0.1, 0.15) is 24.7 Å². The van der Waals surface area contributed by atoms with Gasteiger partial charge in [-0.1, -0.05) is 31.2 Å². The van der Waals surface area contributed by atoms with Crippen LogP contribution in [0.25, 0.3) is 0 Å². The van der Waals surface area contributed by atoms with Crippen LogP contribution in [0.3, 0.4) is 0 Å². The summed E-state index contributed by atoms with van der Waals surface area (Å²) in [6, 6.07) is 15.0. The van der Waals surface area contributed by atoms with Crippen LogP contribution >= 0.6 is 0 Å².